The Morgan fingerprint density at radius 2 is 1.67 bits per heavy atom. The van der Waals surface area contributed by atoms with E-state index < -0.39 is 0 Å². The van der Waals surface area contributed by atoms with Gasteiger partial charge in [0.25, 0.3) is 5.91 Å². The highest BCUT2D eigenvalue weighted by Crippen LogP contribution is 2.24. The molecule has 0 aliphatic heterocycles. The van der Waals surface area contributed by atoms with E-state index in [0.29, 0.717) is 0 Å². The zero-order chi connectivity index (χ0) is 19.5. The summed E-state index contributed by atoms with van der Waals surface area (Å²) < 4.78 is 0. The second kappa shape index (κ2) is 11.6. The maximum Gasteiger partial charge on any atom is 0.251 e. The van der Waals surface area contributed by atoms with Crippen molar-refractivity contribution < 1.29 is 4.79 Å². The van der Waals surface area contributed by atoms with Crippen molar-refractivity contribution in [1.82, 2.24) is 10.2 Å². The summed E-state index contributed by atoms with van der Waals surface area (Å²) in [6.45, 7) is 10.7. The average molecular weight is 367 g/mol. The molecule has 2 aromatic carbocycles. The van der Waals surface area contributed by atoms with Gasteiger partial charge in [-0.1, -0.05) is 57.2 Å². The molecule has 0 saturated carbocycles. The van der Waals surface area contributed by atoms with E-state index >= 15 is 0 Å². The molecule has 2 aromatic rings. The van der Waals surface area contributed by atoms with Gasteiger partial charge in [0.1, 0.15) is 0 Å². The highest BCUT2D eigenvalue weighted by Gasteiger charge is 2.07. The van der Waals surface area contributed by atoms with E-state index in [-0.39, 0.29) is 5.91 Å². The van der Waals surface area contributed by atoms with Gasteiger partial charge in [-0.15, -0.1) is 0 Å². The number of nitrogens with one attached hydrogen (secondary N) is 1. The highest BCUT2D eigenvalue weighted by molar-refractivity contribution is 5.94. The predicted molar refractivity (Wildman–Crippen MR) is 115 cm³/mol. The molecule has 0 saturated heterocycles. The van der Waals surface area contributed by atoms with E-state index in [0.717, 1.165) is 51.0 Å². The third-order valence-corrected chi connectivity index (χ3v) is 5.03. The van der Waals surface area contributed by atoms with E-state index in [4.69, 9.17) is 0 Å². The van der Waals surface area contributed by atoms with Crippen LogP contribution in [0.4, 0.5) is 0 Å². The molecule has 146 valence electrons. The Morgan fingerprint density at radius 3 is 2.33 bits per heavy atom. The molecule has 2 rings (SSSR count). The number of amides is 1. The van der Waals surface area contributed by atoms with Gasteiger partial charge in [-0.05, 0) is 74.1 Å². The average Bonchev–Trinajstić information content (AvgIpc) is 2.72. The Labute approximate surface area is 164 Å². The number of carbonyl (C=O) groups excluding carboxylic acids is 1. The number of unbranched alkanes of at least 4 members (excludes halogenated alkanes) is 1. The van der Waals surface area contributed by atoms with Gasteiger partial charge in [0.15, 0.2) is 0 Å². The van der Waals surface area contributed by atoms with Crippen molar-refractivity contribution in [1.29, 1.82) is 0 Å². The molecule has 0 heterocycles. The summed E-state index contributed by atoms with van der Waals surface area (Å²) in [5.74, 6) is 0.0197. The second-order valence-corrected chi connectivity index (χ2v) is 6.99. The maximum atomic E-state index is 12.3. The lowest BCUT2D eigenvalue weighted by Gasteiger charge is -2.19. The fraction of sp³-hybridized carbons (Fsp3) is 0.458. The summed E-state index contributed by atoms with van der Waals surface area (Å²) in [5.41, 5.74) is 4.48. The number of hydrogen-bond donors (Lipinski definition) is 1. The minimum absolute atomic E-state index is 0.0197. The van der Waals surface area contributed by atoms with Gasteiger partial charge in [0.2, 0.25) is 0 Å². The number of hydrogen-bond acceptors (Lipinski definition) is 2. The smallest absolute Gasteiger partial charge is 0.251 e. The molecule has 0 unspecified atom stereocenters. The minimum atomic E-state index is 0.0197. The lowest BCUT2D eigenvalue weighted by Crippen LogP contribution is -2.27. The summed E-state index contributed by atoms with van der Waals surface area (Å²) in [4.78, 5) is 14.8. The first-order valence-corrected chi connectivity index (χ1v) is 10.4. The molecule has 3 heteroatoms. The fourth-order valence-electron chi connectivity index (χ4n) is 3.42. The normalized spacial score (nSPS) is 11.0. The molecule has 0 aliphatic carbocycles. The van der Waals surface area contributed by atoms with Crippen molar-refractivity contribution in [3.63, 3.8) is 0 Å². The third kappa shape index (κ3) is 6.51. The molecule has 0 aromatic heterocycles. The molecule has 0 radical (unpaired) electrons. The van der Waals surface area contributed by atoms with Crippen molar-refractivity contribution in [2.75, 3.05) is 26.2 Å². The van der Waals surface area contributed by atoms with Gasteiger partial charge >= 0.3 is 0 Å². The van der Waals surface area contributed by atoms with E-state index in [9.17, 15) is 4.79 Å². The first-order chi connectivity index (χ1) is 13.2. The Morgan fingerprint density at radius 1 is 0.926 bits per heavy atom. The van der Waals surface area contributed by atoms with Crippen LogP contribution in [0.2, 0.25) is 0 Å². The Bertz CT molecular complexity index is 694. The van der Waals surface area contributed by atoms with Crippen LogP contribution >= 0.6 is 0 Å². The van der Waals surface area contributed by atoms with E-state index in [1.54, 1.807) is 0 Å². The van der Waals surface area contributed by atoms with Crippen molar-refractivity contribution in [3.05, 3.63) is 59.7 Å². The molecule has 27 heavy (non-hydrogen) atoms. The van der Waals surface area contributed by atoms with Crippen LogP contribution in [0, 0.1) is 0 Å². The minimum Gasteiger partial charge on any atom is -0.352 e. The van der Waals surface area contributed by atoms with Crippen LogP contribution in [0.1, 0.15) is 56.0 Å². The SMILES string of the molecule is CCCN(CC)CCCCNC(=O)c1ccc(-c2ccccc2CC)cc1. The topological polar surface area (TPSA) is 32.3 Å². The van der Waals surface area contributed by atoms with Gasteiger partial charge in [0.05, 0.1) is 0 Å². The van der Waals surface area contributed by atoms with Crippen molar-refractivity contribution in [2.45, 2.75) is 46.5 Å². The zero-order valence-electron chi connectivity index (χ0n) is 17.1. The summed E-state index contributed by atoms with van der Waals surface area (Å²) in [5, 5.41) is 3.05. The molecule has 3 nitrogen and oxygen atoms in total. The Hall–Kier alpha value is -2.13. The quantitative estimate of drug-likeness (QED) is 0.557. The fourth-order valence-corrected chi connectivity index (χ4v) is 3.42. The number of carbonyl (C=O) groups is 1. The number of aryl methyl sites for hydroxylation is 1. The summed E-state index contributed by atoms with van der Waals surface area (Å²) >= 11 is 0. The predicted octanol–water partition coefficient (Wildman–Crippen LogP) is 5.16. The first kappa shape index (κ1) is 21.2. The molecule has 0 bridgehead atoms. The van der Waals surface area contributed by atoms with Gasteiger partial charge in [-0.2, -0.15) is 0 Å². The van der Waals surface area contributed by atoms with Crippen LogP contribution in [-0.2, 0) is 6.42 Å². The monoisotopic (exact) mass is 366 g/mol. The van der Waals surface area contributed by atoms with Crippen molar-refractivity contribution in [2.24, 2.45) is 0 Å². The van der Waals surface area contributed by atoms with Gasteiger partial charge in [-0.3, -0.25) is 4.79 Å². The van der Waals surface area contributed by atoms with Crippen molar-refractivity contribution >= 4 is 5.91 Å². The molecule has 0 spiro atoms. The van der Waals surface area contributed by atoms with Crippen LogP contribution in [0.15, 0.2) is 48.5 Å². The van der Waals surface area contributed by atoms with Crippen LogP contribution in [0.5, 0.6) is 0 Å². The summed E-state index contributed by atoms with van der Waals surface area (Å²) in [7, 11) is 0. The number of rotatable bonds is 11. The Balaban J connectivity index is 1.82. The van der Waals surface area contributed by atoms with Gasteiger partial charge < -0.3 is 10.2 Å². The molecular formula is C24H34N2O. The van der Waals surface area contributed by atoms with Crippen LogP contribution in [-0.4, -0.2) is 37.0 Å². The molecule has 0 fully saturated rings. The first-order valence-electron chi connectivity index (χ1n) is 10.4. The molecule has 0 aliphatic rings. The van der Waals surface area contributed by atoms with E-state index in [1.807, 2.05) is 24.3 Å². The standard InChI is InChI=1S/C24H34N2O/c1-4-18-26(6-3)19-10-9-17-25-24(27)22-15-13-21(14-16-22)23-12-8-7-11-20(23)5-2/h7-8,11-16H,4-6,9-10,17-19H2,1-3H3,(H,25,27). The zero-order valence-corrected chi connectivity index (χ0v) is 17.1. The van der Waals surface area contributed by atoms with Crippen LogP contribution in [0.3, 0.4) is 0 Å². The van der Waals surface area contributed by atoms with Crippen LogP contribution in [0.25, 0.3) is 11.1 Å². The van der Waals surface area contributed by atoms with E-state index in [2.05, 4.69) is 55.3 Å². The largest absolute Gasteiger partial charge is 0.352 e. The highest BCUT2D eigenvalue weighted by atomic mass is 16.1. The molecular weight excluding hydrogens is 332 g/mol. The summed E-state index contributed by atoms with van der Waals surface area (Å²) in [6.07, 6.45) is 4.35. The molecule has 0 atom stereocenters. The lowest BCUT2D eigenvalue weighted by atomic mass is 9.97. The van der Waals surface area contributed by atoms with Gasteiger partial charge in [-0.25, -0.2) is 0 Å². The molecule has 1 amide bonds. The maximum absolute atomic E-state index is 12.3. The second-order valence-electron chi connectivity index (χ2n) is 6.99. The van der Waals surface area contributed by atoms with Crippen molar-refractivity contribution in [3.8, 4) is 11.1 Å². The summed E-state index contributed by atoms with van der Waals surface area (Å²) in [6, 6.07) is 16.4. The third-order valence-electron chi connectivity index (χ3n) is 5.03. The van der Waals surface area contributed by atoms with Crippen LogP contribution < -0.4 is 5.32 Å². The number of nitrogens with zero attached hydrogens (tertiary/aromatic N) is 1. The lowest BCUT2D eigenvalue weighted by molar-refractivity contribution is 0.0952. The molecule has 1 N–H and O–H groups in total. The van der Waals surface area contributed by atoms with E-state index in [1.165, 1.54) is 23.1 Å². The number of benzene rings is 2. The van der Waals surface area contributed by atoms with Gasteiger partial charge in [0, 0.05) is 12.1 Å². The Kier molecular flexibility index (Phi) is 9.06.